The van der Waals surface area contributed by atoms with E-state index in [1.54, 1.807) is 0 Å². The lowest BCUT2D eigenvalue weighted by molar-refractivity contribution is -0.148. The zero-order valence-electron chi connectivity index (χ0n) is 10.7. The van der Waals surface area contributed by atoms with Crippen LogP contribution in [0.5, 0.6) is 0 Å². The van der Waals surface area contributed by atoms with Crippen LogP contribution in [0.1, 0.15) is 5.56 Å². The molecule has 2 unspecified atom stereocenters. The lowest BCUT2D eigenvalue weighted by atomic mass is 10.1. The van der Waals surface area contributed by atoms with Crippen molar-refractivity contribution < 1.29 is 19.4 Å². The highest BCUT2D eigenvalue weighted by molar-refractivity contribution is 5.81. The maximum atomic E-state index is 11.9. The van der Waals surface area contributed by atoms with Gasteiger partial charge in [-0.2, -0.15) is 0 Å². The second-order valence-corrected chi connectivity index (χ2v) is 4.51. The van der Waals surface area contributed by atoms with E-state index in [1.807, 2.05) is 30.3 Å². The van der Waals surface area contributed by atoms with E-state index in [2.05, 4.69) is 5.32 Å². The summed E-state index contributed by atoms with van der Waals surface area (Å²) in [4.78, 5) is 11.9. The Morgan fingerprint density at radius 3 is 2.79 bits per heavy atom. The van der Waals surface area contributed by atoms with Crippen molar-refractivity contribution in [2.45, 2.75) is 18.6 Å². The number of aliphatic hydroxyl groups is 1. The van der Waals surface area contributed by atoms with Crippen LogP contribution in [0.4, 0.5) is 0 Å². The number of amides is 1. The first-order valence-electron chi connectivity index (χ1n) is 6.44. The SMILES string of the molecule is O=C(NC(CO)Cc1ccccc1)C1COCCO1. The number of ether oxygens (including phenoxy) is 2. The molecule has 0 aromatic heterocycles. The fraction of sp³-hybridized carbons (Fsp3) is 0.500. The molecular formula is C14H19NO4. The first-order chi connectivity index (χ1) is 9.29. The summed E-state index contributed by atoms with van der Waals surface area (Å²) in [6.45, 7) is 1.13. The van der Waals surface area contributed by atoms with Crippen molar-refractivity contribution in [2.75, 3.05) is 26.4 Å². The molecule has 1 heterocycles. The van der Waals surface area contributed by atoms with Crippen LogP contribution in [-0.4, -0.2) is 49.6 Å². The van der Waals surface area contributed by atoms with Crippen molar-refractivity contribution in [3.05, 3.63) is 35.9 Å². The third-order valence-electron chi connectivity index (χ3n) is 3.00. The van der Waals surface area contributed by atoms with Gasteiger partial charge < -0.3 is 19.9 Å². The molecule has 5 nitrogen and oxygen atoms in total. The molecule has 104 valence electrons. The predicted molar refractivity (Wildman–Crippen MR) is 69.7 cm³/mol. The second kappa shape index (κ2) is 7.23. The van der Waals surface area contributed by atoms with Gasteiger partial charge in [-0.15, -0.1) is 0 Å². The molecule has 1 aromatic carbocycles. The molecule has 2 rings (SSSR count). The van der Waals surface area contributed by atoms with Crippen LogP contribution in [0.3, 0.4) is 0 Å². The Bertz CT molecular complexity index is 390. The van der Waals surface area contributed by atoms with Gasteiger partial charge in [0, 0.05) is 0 Å². The maximum Gasteiger partial charge on any atom is 0.251 e. The number of aliphatic hydroxyl groups excluding tert-OH is 1. The van der Waals surface area contributed by atoms with Crippen LogP contribution in [-0.2, 0) is 20.7 Å². The summed E-state index contributed by atoms with van der Waals surface area (Å²) in [5, 5.41) is 12.1. The smallest absolute Gasteiger partial charge is 0.251 e. The largest absolute Gasteiger partial charge is 0.394 e. The molecule has 1 aliphatic rings. The van der Waals surface area contributed by atoms with Crippen LogP contribution in [0.2, 0.25) is 0 Å². The van der Waals surface area contributed by atoms with Crippen LogP contribution in [0.15, 0.2) is 30.3 Å². The molecule has 0 saturated carbocycles. The molecule has 1 aromatic rings. The van der Waals surface area contributed by atoms with Gasteiger partial charge in [0.05, 0.1) is 32.5 Å². The lowest BCUT2D eigenvalue weighted by Gasteiger charge is -2.24. The normalized spacial score (nSPS) is 20.8. The molecule has 0 bridgehead atoms. The topological polar surface area (TPSA) is 67.8 Å². The highest BCUT2D eigenvalue weighted by atomic mass is 16.6. The van der Waals surface area contributed by atoms with Crippen LogP contribution in [0.25, 0.3) is 0 Å². The minimum Gasteiger partial charge on any atom is -0.394 e. The highest BCUT2D eigenvalue weighted by Gasteiger charge is 2.24. The van der Waals surface area contributed by atoms with E-state index >= 15 is 0 Å². The average Bonchev–Trinajstić information content (AvgIpc) is 2.48. The van der Waals surface area contributed by atoms with Gasteiger partial charge in [-0.05, 0) is 12.0 Å². The van der Waals surface area contributed by atoms with Gasteiger partial charge in [-0.3, -0.25) is 4.79 Å². The summed E-state index contributed by atoms with van der Waals surface area (Å²) in [5.74, 6) is -0.227. The molecule has 1 saturated heterocycles. The minimum atomic E-state index is -0.571. The fourth-order valence-electron chi connectivity index (χ4n) is 1.99. The molecule has 0 aliphatic carbocycles. The van der Waals surface area contributed by atoms with Crippen molar-refractivity contribution in [1.82, 2.24) is 5.32 Å². The van der Waals surface area contributed by atoms with Crippen LogP contribution < -0.4 is 5.32 Å². The Kier molecular flexibility index (Phi) is 5.32. The first-order valence-corrected chi connectivity index (χ1v) is 6.44. The van der Waals surface area contributed by atoms with E-state index in [-0.39, 0.29) is 25.2 Å². The Morgan fingerprint density at radius 2 is 2.16 bits per heavy atom. The van der Waals surface area contributed by atoms with Gasteiger partial charge in [0.2, 0.25) is 0 Å². The number of rotatable bonds is 5. The Labute approximate surface area is 112 Å². The molecule has 1 fully saturated rings. The monoisotopic (exact) mass is 265 g/mol. The first kappa shape index (κ1) is 14.0. The molecular weight excluding hydrogens is 246 g/mol. The van der Waals surface area contributed by atoms with Gasteiger partial charge in [0.25, 0.3) is 5.91 Å². The molecule has 2 N–H and O–H groups in total. The van der Waals surface area contributed by atoms with Crippen molar-refractivity contribution >= 4 is 5.91 Å². The number of carbonyl (C=O) groups excluding carboxylic acids is 1. The molecule has 2 atom stereocenters. The maximum absolute atomic E-state index is 11.9. The quantitative estimate of drug-likeness (QED) is 0.793. The Balaban J connectivity index is 1.86. The van der Waals surface area contributed by atoms with Gasteiger partial charge in [0.1, 0.15) is 0 Å². The number of carbonyl (C=O) groups is 1. The standard InChI is InChI=1S/C14H19NO4/c16-9-12(8-11-4-2-1-3-5-11)15-14(17)13-10-18-6-7-19-13/h1-5,12-13,16H,6-10H2,(H,15,17). The molecule has 0 radical (unpaired) electrons. The molecule has 1 amide bonds. The van der Waals surface area contributed by atoms with E-state index in [9.17, 15) is 9.90 Å². The van der Waals surface area contributed by atoms with Crippen molar-refractivity contribution in [1.29, 1.82) is 0 Å². The fourth-order valence-corrected chi connectivity index (χ4v) is 1.99. The number of benzene rings is 1. The molecule has 1 aliphatic heterocycles. The predicted octanol–water partition coefficient (Wildman–Crippen LogP) is 0.122. The minimum absolute atomic E-state index is 0.103. The number of nitrogens with one attached hydrogen (secondary N) is 1. The van der Waals surface area contributed by atoms with Gasteiger partial charge >= 0.3 is 0 Å². The van der Waals surface area contributed by atoms with E-state index in [0.717, 1.165) is 5.56 Å². The second-order valence-electron chi connectivity index (χ2n) is 4.51. The summed E-state index contributed by atoms with van der Waals surface area (Å²) in [6, 6.07) is 9.43. The van der Waals surface area contributed by atoms with Crippen molar-refractivity contribution in [3.63, 3.8) is 0 Å². The summed E-state index contributed by atoms with van der Waals surface area (Å²) >= 11 is 0. The summed E-state index contributed by atoms with van der Waals surface area (Å²) < 4.78 is 10.5. The van der Waals surface area contributed by atoms with E-state index < -0.39 is 6.10 Å². The number of hydrogen-bond acceptors (Lipinski definition) is 4. The lowest BCUT2D eigenvalue weighted by Crippen LogP contribution is -2.48. The Morgan fingerprint density at radius 1 is 1.37 bits per heavy atom. The van der Waals surface area contributed by atoms with Gasteiger partial charge in [-0.1, -0.05) is 30.3 Å². The van der Waals surface area contributed by atoms with E-state index in [1.165, 1.54) is 0 Å². The third kappa shape index (κ3) is 4.31. The molecule has 0 spiro atoms. The summed E-state index contributed by atoms with van der Waals surface area (Å²) in [7, 11) is 0. The van der Waals surface area contributed by atoms with Crippen LogP contribution in [0, 0.1) is 0 Å². The van der Waals surface area contributed by atoms with E-state index in [4.69, 9.17) is 9.47 Å². The molecule has 5 heteroatoms. The van der Waals surface area contributed by atoms with Crippen molar-refractivity contribution in [2.24, 2.45) is 0 Å². The number of hydrogen-bond donors (Lipinski definition) is 2. The average molecular weight is 265 g/mol. The third-order valence-corrected chi connectivity index (χ3v) is 3.00. The zero-order chi connectivity index (χ0) is 13.5. The van der Waals surface area contributed by atoms with Crippen LogP contribution >= 0.6 is 0 Å². The Hall–Kier alpha value is -1.43. The van der Waals surface area contributed by atoms with E-state index in [0.29, 0.717) is 19.6 Å². The zero-order valence-corrected chi connectivity index (χ0v) is 10.7. The van der Waals surface area contributed by atoms with Gasteiger partial charge in [-0.25, -0.2) is 0 Å². The highest BCUT2D eigenvalue weighted by Crippen LogP contribution is 2.05. The van der Waals surface area contributed by atoms with Crippen molar-refractivity contribution in [3.8, 4) is 0 Å². The summed E-state index contributed by atoms with van der Waals surface area (Å²) in [6.07, 6.45) is 0.0231. The summed E-state index contributed by atoms with van der Waals surface area (Å²) in [5.41, 5.74) is 1.07. The molecule has 19 heavy (non-hydrogen) atoms. The van der Waals surface area contributed by atoms with Gasteiger partial charge in [0.15, 0.2) is 6.10 Å².